The van der Waals surface area contributed by atoms with Crippen LogP contribution in [0.1, 0.15) is 44.0 Å². The van der Waals surface area contributed by atoms with Gasteiger partial charge in [-0.1, -0.05) is 38.6 Å². The van der Waals surface area contributed by atoms with Crippen molar-refractivity contribution in [1.82, 2.24) is 24.5 Å². The molecule has 6 nitrogen and oxygen atoms in total. The summed E-state index contributed by atoms with van der Waals surface area (Å²) in [5, 5.41) is 5.75. The quantitative estimate of drug-likeness (QED) is 0.319. The number of allylic oxidation sites excluding steroid dienone is 1. The van der Waals surface area contributed by atoms with E-state index in [-0.39, 0.29) is 0 Å². The maximum absolute atomic E-state index is 6.05. The second-order valence-electron chi connectivity index (χ2n) is 9.99. The third-order valence-corrected chi connectivity index (χ3v) is 7.98. The minimum absolute atomic E-state index is 0.377. The van der Waals surface area contributed by atoms with Crippen LogP contribution < -0.4 is 4.84 Å². The molecule has 1 unspecified atom stereocenters. The van der Waals surface area contributed by atoms with Gasteiger partial charge < -0.3 is 4.84 Å². The van der Waals surface area contributed by atoms with Gasteiger partial charge in [-0.2, -0.15) is 9.83 Å². The van der Waals surface area contributed by atoms with E-state index in [0.29, 0.717) is 18.6 Å². The van der Waals surface area contributed by atoms with Crippen LogP contribution in [-0.2, 0) is 0 Å². The summed E-state index contributed by atoms with van der Waals surface area (Å²) < 4.78 is 3.94. The molecule has 1 aliphatic rings. The van der Waals surface area contributed by atoms with Crippen molar-refractivity contribution < 1.29 is 4.84 Å². The average Bonchev–Trinajstić information content (AvgIpc) is 3.46. The average molecular weight is 438 g/mol. The van der Waals surface area contributed by atoms with Crippen LogP contribution in [0, 0.1) is 12.8 Å². The molecule has 0 aliphatic heterocycles. The maximum Gasteiger partial charge on any atom is 0.179 e. The molecule has 7 heteroatoms. The van der Waals surface area contributed by atoms with E-state index < -0.39 is 8.07 Å². The zero-order valence-corrected chi connectivity index (χ0v) is 20.3. The van der Waals surface area contributed by atoms with Crippen molar-refractivity contribution in [3.05, 3.63) is 43.1 Å². The standard InChI is InChI=1S/C24H35N5OSi/c1-6-9-22(19-10-7-8-11-19)28-17-20(16-25-28)23-21-12-13-29(24(21)27-18(2)26-23)30-14-15-31(3,4)5/h6,12-13,16-17,19,22H,1,7-11,14-15H2,2-5H3. The number of rotatable bonds is 9. The topological polar surface area (TPSA) is 57.8 Å². The van der Waals surface area contributed by atoms with Gasteiger partial charge in [0, 0.05) is 31.4 Å². The highest BCUT2D eigenvalue weighted by atomic mass is 28.3. The molecular weight excluding hydrogens is 402 g/mol. The lowest BCUT2D eigenvalue weighted by molar-refractivity contribution is 0.130. The highest BCUT2D eigenvalue weighted by Crippen LogP contribution is 2.37. The first-order chi connectivity index (χ1) is 14.9. The van der Waals surface area contributed by atoms with E-state index in [1.165, 1.54) is 25.7 Å². The first-order valence-corrected chi connectivity index (χ1v) is 15.2. The molecule has 0 amide bonds. The van der Waals surface area contributed by atoms with Gasteiger partial charge in [0.2, 0.25) is 0 Å². The summed E-state index contributed by atoms with van der Waals surface area (Å²) in [4.78, 5) is 15.5. The molecule has 0 N–H and O–H groups in total. The second kappa shape index (κ2) is 8.98. The molecule has 3 heterocycles. The van der Waals surface area contributed by atoms with Crippen LogP contribution >= 0.6 is 0 Å². The maximum atomic E-state index is 6.05. The van der Waals surface area contributed by atoms with Crippen molar-refractivity contribution in [3.8, 4) is 11.3 Å². The molecule has 1 saturated carbocycles. The van der Waals surface area contributed by atoms with Crippen molar-refractivity contribution in [3.63, 3.8) is 0 Å². The third kappa shape index (κ3) is 4.92. The monoisotopic (exact) mass is 437 g/mol. The van der Waals surface area contributed by atoms with Crippen LogP contribution in [0.2, 0.25) is 25.7 Å². The Kier molecular flexibility index (Phi) is 6.32. The SMILES string of the molecule is C=CCC(C1CCCC1)n1cc(-c2nc(C)nc3c2ccn3OCC[Si](C)(C)C)cn1. The van der Waals surface area contributed by atoms with Crippen LogP contribution in [0.25, 0.3) is 22.3 Å². The fraction of sp³-hybridized carbons (Fsp3) is 0.542. The lowest BCUT2D eigenvalue weighted by atomic mass is 9.95. The Morgan fingerprint density at radius 3 is 2.74 bits per heavy atom. The van der Waals surface area contributed by atoms with E-state index in [4.69, 9.17) is 14.9 Å². The first kappa shape index (κ1) is 21.8. The summed E-state index contributed by atoms with van der Waals surface area (Å²) in [6, 6.07) is 3.54. The lowest BCUT2D eigenvalue weighted by Crippen LogP contribution is -2.25. The Balaban J connectivity index is 1.63. The molecule has 166 valence electrons. The van der Waals surface area contributed by atoms with Gasteiger partial charge in [-0.15, -0.1) is 6.58 Å². The summed E-state index contributed by atoms with van der Waals surface area (Å²) in [5.74, 6) is 1.42. The Morgan fingerprint density at radius 2 is 2.03 bits per heavy atom. The Hall–Kier alpha value is -2.41. The van der Waals surface area contributed by atoms with Crippen LogP contribution in [0.3, 0.4) is 0 Å². The normalized spacial score (nSPS) is 16.1. The van der Waals surface area contributed by atoms with Crippen LogP contribution in [0.4, 0.5) is 0 Å². The van der Waals surface area contributed by atoms with Gasteiger partial charge in [-0.3, -0.25) is 4.68 Å². The zero-order chi connectivity index (χ0) is 22.0. The molecule has 1 fully saturated rings. The third-order valence-electron chi connectivity index (χ3n) is 6.27. The number of hydrogen-bond donors (Lipinski definition) is 0. The number of hydrogen-bond acceptors (Lipinski definition) is 4. The smallest absolute Gasteiger partial charge is 0.179 e. The van der Waals surface area contributed by atoms with Gasteiger partial charge in [0.05, 0.1) is 17.9 Å². The Morgan fingerprint density at radius 1 is 1.26 bits per heavy atom. The molecule has 0 radical (unpaired) electrons. The largest absolute Gasteiger partial charge is 0.413 e. The van der Waals surface area contributed by atoms with Gasteiger partial charge in [0.15, 0.2) is 5.65 Å². The lowest BCUT2D eigenvalue weighted by Gasteiger charge is -2.22. The van der Waals surface area contributed by atoms with Crippen LogP contribution in [0.15, 0.2) is 37.3 Å². The minimum atomic E-state index is -1.15. The van der Waals surface area contributed by atoms with Gasteiger partial charge in [0.25, 0.3) is 0 Å². The van der Waals surface area contributed by atoms with Crippen molar-refractivity contribution >= 4 is 19.1 Å². The number of fused-ring (bicyclic) bond motifs is 1. The molecule has 1 aliphatic carbocycles. The van der Waals surface area contributed by atoms with Gasteiger partial charge in [-0.25, -0.2) is 9.97 Å². The molecular formula is C24H35N5OSi. The van der Waals surface area contributed by atoms with E-state index in [1.54, 1.807) is 4.73 Å². The van der Waals surface area contributed by atoms with Crippen LogP contribution in [-0.4, -0.2) is 39.2 Å². The molecule has 31 heavy (non-hydrogen) atoms. The molecule has 3 aromatic rings. The zero-order valence-electron chi connectivity index (χ0n) is 19.3. The fourth-order valence-corrected chi connectivity index (χ4v) is 5.25. The molecule has 3 aromatic heterocycles. The summed E-state index contributed by atoms with van der Waals surface area (Å²) in [6.07, 6.45) is 14.2. The molecule has 1 atom stereocenters. The Labute approximate surface area is 186 Å². The Bertz CT molecular complexity index is 1040. The molecule has 0 saturated heterocycles. The predicted octanol–water partition coefficient (Wildman–Crippen LogP) is 5.68. The summed E-state index contributed by atoms with van der Waals surface area (Å²) in [7, 11) is -1.15. The summed E-state index contributed by atoms with van der Waals surface area (Å²) >= 11 is 0. The van der Waals surface area contributed by atoms with E-state index in [9.17, 15) is 0 Å². The first-order valence-electron chi connectivity index (χ1n) is 11.5. The van der Waals surface area contributed by atoms with E-state index >= 15 is 0 Å². The second-order valence-corrected chi connectivity index (χ2v) is 15.6. The molecule has 0 spiro atoms. The van der Waals surface area contributed by atoms with E-state index in [1.807, 2.05) is 31.5 Å². The van der Waals surface area contributed by atoms with Gasteiger partial charge in [0.1, 0.15) is 12.4 Å². The minimum Gasteiger partial charge on any atom is -0.413 e. The van der Waals surface area contributed by atoms with Gasteiger partial charge in [-0.05, 0) is 44.2 Å². The molecule has 0 bridgehead atoms. The predicted molar refractivity (Wildman–Crippen MR) is 129 cm³/mol. The van der Waals surface area contributed by atoms with Crippen molar-refractivity contribution in [2.75, 3.05) is 6.61 Å². The van der Waals surface area contributed by atoms with Gasteiger partial charge >= 0.3 is 0 Å². The van der Waals surface area contributed by atoms with E-state index in [2.05, 4.69) is 42.1 Å². The highest BCUT2D eigenvalue weighted by Gasteiger charge is 2.26. The van der Waals surface area contributed by atoms with Crippen molar-refractivity contribution in [1.29, 1.82) is 0 Å². The number of aryl methyl sites for hydroxylation is 1. The van der Waals surface area contributed by atoms with Crippen molar-refractivity contribution in [2.24, 2.45) is 5.92 Å². The highest BCUT2D eigenvalue weighted by molar-refractivity contribution is 6.76. The fourth-order valence-electron chi connectivity index (χ4n) is 4.55. The van der Waals surface area contributed by atoms with Crippen molar-refractivity contribution in [2.45, 2.75) is 70.8 Å². The molecule has 4 rings (SSSR count). The summed E-state index contributed by atoms with van der Waals surface area (Å²) in [6.45, 7) is 13.7. The molecule has 0 aromatic carbocycles. The number of nitrogens with zero attached hydrogens (tertiary/aromatic N) is 5. The van der Waals surface area contributed by atoms with Crippen LogP contribution in [0.5, 0.6) is 0 Å². The summed E-state index contributed by atoms with van der Waals surface area (Å²) in [5.41, 5.74) is 2.77. The van der Waals surface area contributed by atoms with E-state index in [0.717, 1.165) is 40.6 Å². The number of aromatic nitrogens is 5.